The van der Waals surface area contributed by atoms with Gasteiger partial charge in [0.25, 0.3) is 0 Å². The number of rotatable bonds is 2. The van der Waals surface area contributed by atoms with Gasteiger partial charge < -0.3 is 10.5 Å². The second kappa shape index (κ2) is 5.72. The third-order valence-corrected chi connectivity index (χ3v) is 4.73. The van der Waals surface area contributed by atoms with Crippen molar-refractivity contribution in [2.24, 2.45) is 17.1 Å². The normalized spacial score (nSPS) is 27.4. The third-order valence-electron chi connectivity index (χ3n) is 4.73. The maximum absolute atomic E-state index is 13.9. The summed E-state index contributed by atoms with van der Waals surface area (Å²) in [6.07, 6.45) is 3.22. The molecule has 0 aromatic heterocycles. The van der Waals surface area contributed by atoms with Crippen LogP contribution < -0.4 is 10.5 Å². The summed E-state index contributed by atoms with van der Waals surface area (Å²) in [6, 6.07) is 5.38. The minimum atomic E-state index is -0.296. The molecule has 1 aliphatic carbocycles. The molecular weight excluding hydrogens is 253 g/mol. The molecule has 20 heavy (non-hydrogen) atoms. The minimum Gasteiger partial charge on any atom is -0.494 e. The summed E-state index contributed by atoms with van der Waals surface area (Å²) in [7, 11) is 1.49. The highest BCUT2D eigenvalue weighted by molar-refractivity contribution is 5.32. The molecule has 0 radical (unpaired) electrons. The molecule has 2 rings (SSSR count). The molecule has 0 spiro atoms. The monoisotopic (exact) mass is 279 g/mol. The second-order valence-corrected chi connectivity index (χ2v) is 7.04. The van der Waals surface area contributed by atoms with E-state index in [1.807, 2.05) is 6.07 Å². The van der Waals surface area contributed by atoms with Crippen molar-refractivity contribution in [3.8, 4) is 5.75 Å². The molecule has 3 heteroatoms. The Kier molecular flexibility index (Phi) is 4.38. The lowest BCUT2D eigenvalue weighted by atomic mass is 9.66. The minimum absolute atomic E-state index is 0.126. The van der Waals surface area contributed by atoms with Gasteiger partial charge in [-0.05, 0) is 54.2 Å². The second-order valence-electron chi connectivity index (χ2n) is 7.04. The number of methoxy groups -OCH3 is 1. The number of hydrogen-bond donors (Lipinski definition) is 1. The molecule has 1 aromatic carbocycles. The Morgan fingerprint density at radius 1 is 1.25 bits per heavy atom. The first-order valence-corrected chi connectivity index (χ1v) is 7.42. The van der Waals surface area contributed by atoms with Gasteiger partial charge in [-0.2, -0.15) is 0 Å². The summed E-state index contributed by atoms with van der Waals surface area (Å²) in [6.45, 7) is 6.83. The van der Waals surface area contributed by atoms with Crippen molar-refractivity contribution in [3.63, 3.8) is 0 Å². The van der Waals surface area contributed by atoms with Crippen molar-refractivity contribution in [1.82, 2.24) is 0 Å². The Morgan fingerprint density at radius 2 is 1.95 bits per heavy atom. The quantitative estimate of drug-likeness (QED) is 0.885. The van der Waals surface area contributed by atoms with Gasteiger partial charge in [-0.15, -0.1) is 0 Å². The van der Waals surface area contributed by atoms with E-state index in [-0.39, 0.29) is 23.2 Å². The van der Waals surface area contributed by atoms with Gasteiger partial charge in [0.2, 0.25) is 0 Å². The van der Waals surface area contributed by atoms with Crippen LogP contribution in [0.1, 0.15) is 51.5 Å². The van der Waals surface area contributed by atoms with E-state index >= 15 is 0 Å². The molecule has 3 unspecified atom stereocenters. The van der Waals surface area contributed by atoms with Crippen LogP contribution >= 0.6 is 0 Å². The Bertz CT molecular complexity index is 467. The van der Waals surface area contributed by atoms with Crippen LogP contribution in [-0.4, -0.2) is 13.2 Å². The van der Waals surface area contributed by atoms with Crippen molar-refractivity contribution < 1.29 is 9.13 Å². The van der Waals surface area contributed by atoms with Crippen molar-refractivity contribution in [2.75, 3.05) is 7.11 Å². The van der Waals surface area contributed by atoms with Gasteiger partial charge in [-0.3, -0.25) is 0 Å². The number of ether oxygens (including phenoxy) is 1. The molecule has 2 nitrogen and oxygen atoms in total. The fraction of sp³-hybridized carbons (Fsp3) is 0.647. The molecule has 1 fully saturated rings. The Balaban J connectivity index is 2.23. The van der Waals surface area contributed by atoms with Crippen LogP contribution in [0.2, 0.25) is 0 Å². The van der Waals surface area contributed by atoms with E-state index in [4.69, 9.17) is 10.5 Å². The largest absolute Gasteiger partial charge is 0.494 e. The highest BCUT2D eigenvalue weighted by Crippen LogP contribution is 2.43. The zero-order valence-electron chi connectivity index (χ0n) is 12.9. The maximum atomic E-state index is 13.9. The number of benzene rings is 1. The van der Waals surface area contributed by atoms with E-state index in [2.05, 4.69) is 20.8 Å². The maximum Gasteiger partial charge on any atom is 0.165 e. The van der Waals surface area contributed by atoms with E-state index in [1.54, 1.807) is 12.1 Å². The first-order chi connectivity index (χ1) is 9.32. The summed E-state index contributed by atoms with van der Waals surface area (Å²) in [4.78, 5) is 0. The van der Waals surface area contributed by atoms with E-state index in [9.17, 15) is 4.39 Å². The molecular formula is C17H26FNO. The number of hydrogen-bond acceptors (Lipinski definition) is 2. The van der Waals surface area contributed by atoms with Crippen LogP contribution in [0.25, 0.3) is 0 Å². The molecule has 0 heterocycles. The van der Waals surface area contributed by atoms with Crippen molar-refractivity contribution in [1.29, 1.82) is 0 Å². The summed E-state index contributed by atoms with van der Waals surface area (Å²) in [5.74, 6) is 0.881. The summed E-state index contributed by atoms with van der Waals surface area (Å²) in [5.41, 5.74) is 7.57. The highest BCUT2D eigenvalue weighted by atomic mass is 19.1. The van der Waals surface area contributed by atoms with Crippen LogP contribution in [-0.2, 0) is 0 Å². The third kappa shape index (κ3) is 3.14. The molecule has 1 aromatic rings. The lowest BCUT2D eigenvalue weighted by Crippen LogP contribution is -2.38. The van der Waals surface area contributed by atoms with Gasteiger partial charge in [0, 0.05) is 6.04 Å². The van der Waals surface area contributed by atoms with Crippen LogP contribution in [0, 0.1) is 17.2 Å². The van der Waals surface area contributed by atoms with E-state index in [1.165, 1.54) is 13.5 Å². The van der Waals surface area contributed by atoms with Crippen LogP contribution in [0.3, 0.4) is 0 Å². The van der Waals surface area contributed by atoms with Gasteiger partial charge in [-0.1, -0.05) is 26.8 Å². The Labute approximate surface area is 121 Å². The first-order valence-electron chi connectivity index (χ1n) is 7.42. The predicted octanol–water partition coefficient (Wildman–Crippen LogP) is 4.09. The van der Waals surface area contributed by atoms with E-state index in [0.29, 0.717) is 11.7 Å². The summed E-state index contributed by atoms with van der Waals surface area (Å²) >= 11 is 0. The average molecular weight is 279 g/mol. The molecule has 1 aliphatic rings. The fourth-order valence-corrected chi connectivity index (χ4v) is 3.28. The molecule has 2 N–H and O–H groups in total. The smallest absolute Gasteiger partial charge is 0.165 e. The average Bonchev–Trinajstić information content (AvgIpc) is 2.37. The van der Waals surface area contributed by atoms with Gasteiger partial charge in [-0.25, -0.2) is 4.39 Å². The zero-order valence-corrected chi connectivity index (χ0v) is 12.9. The predicted molar refractivity (Wildman–Crippen MR) is 80.5 cm³/mol. The van der Waals surface area contributed by atoms with Crippen molar-refractivity contribution >= 4 is 0 Å². The van der Waals surface area contributed by atoms with E-state index < -0.39 is 0 Å². The first kappa shape index (κ1) is 15.3. The van der Waals surface area contributed by atoms with Crippen LogP contribution in [0.15, 0.2) is 18.2 Å². The SMILES string of the molecule is COc1ccc(C2CC(C(C)(C)C)CCC2N)cc1F. The molecule has 1 saturated carbocycles. The Morgan fingerprint density at radius 3 is 2.50 bits per heavy atom. The molecule has 112 valence electrons. The Hall–Kier alpha value is -1.09. The summed E-state index contributed by atoms with van der Waals surface area (Å²) in [5, 5.41) is 0. The topological polar surface area (TPSA) is 35.2 Å². The van der Waals surface area contributed by atoms with Gasteiger partial charge in [0.1, 0.15) is 0 Å². The van der Waals surface area contributed by atoms with Gasteiger partial charge >= 0.3 is 0 Å². The summed E-state index contributed by atoms with van der Waals surface area (Å²) < 4.78 is 18.9. The molecule has 3 atom stereocenters. The molecule has 0 saturated heterocycles. The lowest BCUT2D eigenvalue weighted by Gasteiger charge is -2.41. The number of halogens is 1. The molecule has 0 bridgehead atoms. The van der Waals surface area contributed by atoms with Crippen LogP contribution in [0.5, 0.6) is 5.75 Å². The molecule has 0 aliphatic heterocycles. The molecule has 0 amide bonds. The zero-order chi connectivity index (χ0) is 14.9. The van der Waals surface area contributed by atoms with E-state index in [0.717, 1.165) is 18.4 Å². The fourth-order valence-electron chi connectivity index (χ4n) is 3.28. The van der Waals surface area contributed by atoms with Crippen LogP contribution in [0.4, 0.5) is 4.39 Å². The van der Waals surface area contributed by atoms with Crippen molar-refractivity contribution in [3.05, 3.63) is 29.6 Å². The van der Waals surface area contributed by atoms with Gasteiger partial charge in [0.05, 0.1) is 7.11 Å². The number of nitrogens with two attached hydrogens (primary N) is 1. The standard InChI is InChI=1S/C17H26FNO/c1-17(2,3)12-6-7-15(19)13(10-12)11-5-8-16(20-4)14(18)9-11/h5,8-9,12-13,15H,6-7,10,19H2,1-4H3. The lowest BCUT2D eigenvalue weighted by molar-refractivity contribution is 0.154. The van der Waals surface area contributed by atoms with Crippen molar-refractivity contribution in [2.45, 2.75) is 52.0 Å². The van der Waals surface area contributed by atoms with Gasteiger partial charge in [0.15, 0.2) is 11.6 Å². The highest BCUT2D eigenvalue weighted by Gasteiger charge is 2.35.